The van der Waals surface area contributed by atoms with Gasteiger partial charge in [-0.3, -0.25) is 0 Å². The average molecular weight is 448 g/mol. The average Bonchev–Trinajstić information content (AvgIpc) is 2.80. The summed E-state index contributed by atoms with van der Waals surface area (Å²) in [6.45, 7) is 2.20. The Hall–Kier alpha value is -3.52. The van der Waals surface area contributed by atoms with Gasteiger partial charge in [0.15, 0.2) is 0 Å². The van der Waals surface area contributed by atoms with Crippen molar-refractivity contribution in [2.75, 3.05) is 0 Å². The third kappa shape index (κ3) is 6.73. The SMILES string of the molecule is CCCCCc1ccc(-c2ccc(CC(CC=O)Oc3cc(F)c(C#N)c(F)c3)cc2)cc1. The van der Waals surface area contributed by atoms with Crippen molar-refractivity contribution in [2.24, 2.45) is 0 Å². The molecule has 0 aliphatic rings. The lowest BCUT2D eigenvalue weighted by atomic mass is 9.99. The number of aldehydes is 1. The number of halogens is 2. The third-order valence-corrected chi connectivity index (χ3v) is 5.56. The Morgan fingerprint density at radius 2 is 1.52 bits per heavy atom. The number of carbonyl (C=O) groups excluding carboxylic acids is 1. The molecule has 3 aromatic rings. The van der Waals surface area contributed by atoms with Gasteiger partial charge in [-0.1, -0.05) is 68.3 Å². The molecule has 33 heavy (non-hydrogen) atoms. The predicted molar refractivity (Wildman–Crippen MR) is 125 cm³/mol. The molecule has 170 valence electrons. The van der Waals surface area contributed by atoms with Crippen LogP contribution in [0.25, 0.3) is 11.1 Å². The van der Waals surface area contributed by atoms with Gasteiger partial charge < -0.3 is 9.53 Å². The Morgan fingerprint density at radius 1 is 0.939 bits per heavy atom. The van der Waals surface area contributed by atoms with E-state index in [-0.39, 0.29) is 12.2 Å². The molecular weight excluding hydrogens is 420 g/mol. The largest absolute Gasteiger partial charge is 0.489 e. The van der Waals surface area contributed by atoms with Crippen molar-refractivity contribution in [3.8, 4) is 22.9 Å². The van der Waals surface area contributed by atoms with Crippen molar-refractivity contribution in [3.05, 3.63) is 89.0 Å². The first-order chi connectivity index (χ1) is 16.0. The van der Waals surface area contributed by atoms with Gasteiger partial charge in [0.25, 0.3) is 0 Å². The molecule has 0 aromatic heterocycles. The highest BCUT2D eigenvalue weighted by Gasteiger charge is 2.16. The van der Waals surface area contributed by atoms with Gasteiger partial charge in [-0.2, -0.15) is 5.26 Å². The summed E-state index contributed by atoms with van der Waals surface area (Å²) in [5, 5.41) is 8.80. The van der Waals surface area contributed by atoms with E-state index in [4.69, 9.17) is 10.00 Å². The molecule has 0 saturated carbocycles. The second kappa shape index (κ2) is 11.9. The third-order valence-electron chi connectivity index (χ3n) is 5.56. The van der Waals surface area contributed by atoms with E-state index in [9.17, 15) is 13.6 Å². The number of carbonyl (C=O) groups is 1. The molecule has 0 saturated heterocycles. The molecule has 0 aliphatic heterocycles. The molecule has 0 spiro atoms. The van der Waals surface area contributed by atoms with Crippen LogP contribution < -0.4 is 4.74 Å². The summed E-state index contributed by atoms with van der Waals surface area (Å²) >= 11 is 0. The zero-order valence-corrected chi connectivity index (χ0v) is 18.7. The van der Waals surface area contributed by atoms with Crippen molar-refractivity contribution in [2.45, 2.75) is 51.6 Å². The normalized spacial score (nSPS) is 11.6. The highest BCUT2D eigenvalue weighted by molar-refractivity contribution is 5.64. The Balaban J connectivity index is 1.66. The lowest BCUT2D eigenvalue weighted by molar-refractivity contribution is -0.109. The van der Waals surface area contributed by atoms with Gasteiger partial charge in [0.05, 0.1) is 0 Å². The monoisotopic (exact) mass is 447 g/mol. The molecule has 1 atom stereocenters. The van der Waals surface area contributed by atoms with Crippen molar-refractivity contribution in [3.63, 3.8) is 0 Å². The zero-order chi connectivity index (χ0) is 23.6. The van der Waals surface area contributed by atoms with Gasteiger partial charge in [0.2, 0.25) is 0 Å². The molecule has 0 aliphatic carbocycles. The number of nitriles is 1. The van der Waals surface area contributed by atoms with Crippen LogP contribution in [0, 0.1) is 23.0 Å². The summed E-state index contributed by atoms with van der Waals surface area (Å²) in [7, 11) is 0. The van der Waals surface area contributed by atoms with E-state index in [1.807, 2.05) is 24.3 Å². The second-order valence-corrected chi connectivity index (χ2v) is 8.07. The maximum absolute atomic E-state index is 13.9. The molecule has 3 rings (SSSR count). The first kappa shape index (κ1) is 24.1. The van der Waals surface area contributed by atoms with Crippen molar-refractivity contribution in [1.29, 1.82) is 5.26 Å². The number of nitrogens with zero attached hydrogens (tertiary/aromatic N) is 1. The summed E-state index contributed by atoms with van der Waals surface area (Å²) < 4.78 is 33.4. The van der Waals surface area contributed by atoms with Crippen molar-refractivity contribution < 1.29 is 18.3 Å². The lowest BCUT2D eigenvalue weighted by Crippen LogP contribution is -2.20. The highest BCUT2D eigenvalue weighted by Crippen LogP contribution is 2.24. The van der Waals surface area contributed by atoms with Gasteiger partial charge in [0.1, 0.15) is 41.4 Å². The second-order valence-electron chi connectivity index (χ2n) is 8.07. The molecule has 0 heterocycles. The Labute approximate surface area is 193 Å². The number of rotatable bonds is 11. The van der Waals surface area contributed by atoms with Gasteiger partial charge in [-0.25, -0.2) is 8.78 Å². The van der Waals surface area contributed by atoms with E-state index in [2.05, 4.69) is 31.2 Å². The van der Waals surface area contributed by atoms with Crippen molar-refractivity contribution in [1.82, 2.24) is 0 Å². The van der Waals surface area contributed by atoms with Crippen LogP contribution in [-0.2, 0) is 17.6 Å². The van der Waals surface area contributed by atoms with Gasteiger partial charge in [0, 0.05) is 25.0 Å². The Bertz CT molecular complexity index is 1080. The summed E-state index contributed by atoms with van der Waals surface area (Å²) in [5.41, 5.74) is 3.84. The van der Waals surface area contributed by atoms with Crippen LogP contribution in [0.3, 0.4) is 0 Å². The molecule has 0 radical (unpaired) electrons. The van der Waals surface area contributed by atoms with Gasteiger partial charge >= 0.3 is 0 Å². The first-order valence-electron chi connectivity index (χ1n) is 11.2. The fourth-order valence-electron chi connectivity index (χ4n) is 3.74. The molecule has 3 nitrogen and oxygen atoms in total. The van der Waals surface area contributed by atoms with Crippen LogP contribution >= 0.6 is 0 Å². The zero-order valence-electron chi connectivity index (χ0n) is 18.7. The van der Waals surface area contributed by atoms with Gasteiger partial charge in [-0.05, 0) is 35.1 Å². The Morgan fingerprint density at radius 3 is 2.03 bits per heavy atom. The van der Waals surface area contributed by atoms with Crippen molar-refractivity contribution >= 4 is 6.29 Å². The standard InChI is InChI=1S/C28H27F2NO2/c1-2-3-4-5-20-6-10-22(11-7-20)23-12-8-21(9-13-23)16-24(14-15-32)33-25-17-27(29)26(19-31)28(30)18-25/h6-13,15,17-18,24H,2-5,14,16H2,1H3. The van der Waals surface area contributed by atoms with Crippen LogP contribution in [-0.4, -0.2) is 12.4 Å². The molecule has 1 unspecified atom stereocenters. The highest BCUT2D eigenvalue weighted by atomic mass is 19.1. The number of benzene rings is 3. The predicted octanol–water partition coefficient (Wildman–Crippen LogP) is 6.82. The van der Waals surface area contributed by atoms with Crippen LogP contribution in [0.4, 0.5) is 8.78 Å². The smallest absolute Gasteiger partial charge is 0.147 e. The van der Waals surface area contributed by atoms with Gasteiger partial charge in [-0.15, -0.1) is 0 Å². The van der Waals surface area contributed by atoms with Crippen LogP contribution in [0.1, 0.15) is 49.3 Å². The van der Waals surface area contributed by atoms with E-state index >= 15 is 0 Å². The maximum Gasteiger partial charge on any atom is 0.147 e. The molecule has 5 heteroatoms. The minimum absolute atomic E-state index is 0.0495. The summed E-state index contributed by atoms with van der Waals surface area (Å²) in [6.07, 6.45) is 5.37. The molecule has 0 N–H and O–H groups in total. The topological polar surface area (TPSA) is 50.1 Å². The number of ether oxygens (including phenoxy) is 1. The summed E-state index contributed by atoms with van der Waals surface area (Å²) in [5.74, 6) is -2.03. The number of unbranched alkanes of at least 4 members (excludes halogenated alkanes) is 2. The fourth-order valence-corrected chi connectivity index (χ4v) is 3.74. The van der Waals surface area contributed by atoms with E-state index in [0.717, 1.165) is 41.5 Å². The van der Waals surface area contributed by atoms with E-state index in [1.165, 1.54) is 30.9 Å². The van der Waals surface area contributed by atoms with Crippen LogP contribution in [0.5, 0.6) is 5.75 Å². The number of aryl methyl sites for hydroxylation is 1. The Kier molecular flexibility index (Phi) is 8.71. The molecule has 0 fully saturated rings. The summed E-state index contributed by atoms with van der Waals surface area (Å²) in [6, 6.07) is 20.0. The van der Waals surface area contributed by atoms with E-state index in [0.29, 0.717) is 6.42 Å². The maximum atomic E-state index is 13.9. The molecule has 0 amide bonds. The molecular formula is C28H27F2NO2. The van der Waals surface area contributed by atoms with E-state index in [1.54, 1.807) is 0 Å². The first-order valence-corrected chi connectivity index (χ1v) is 11.2. The minimum atomic E-state index is -0.988. The number of hydrogen-bond acceptors (Lipinski definition) is 3. The lowest BCUT2D eigenvalue weighted by Gasteiger charge is -2.18. The minimum Gasteiger partial charge on any atom is -0.489 e. The number of hydrogen-bond donors (Lipinski definition) is 0. The molecule has 0 bridgehead atoms. The van der Waals surface area contributed by atoms with Crippen LogP contribution in [0.15, 0.2) is 60.7 Å². The quantitative estimate of drug-likeness (QED) is 0.239. The fraction of sp³-hybridized carbons (Fsp3) is 0.286. The summed E-state index contributed by atoms with van der Waals surface area (Å²) in [4.78, 5) is 11.1. The van der Waals surface area contributed by atoms with Crippen LogP contribution in [0.2, 0.25) is 0 Å². The molecule has 3 aromatic carbocycles. The van der Waals surface area contributed by atoms with E-state index < -0.39 is 23.3 Å².